The first kappa shape index (κ1) is 13.0. The molecule has 0 radical (unpaired) electrons. The summed E-state index contributed by atoms with van der Waals surface area (Å²) in [5, 5.41) is 0.913. The van der Waals surface area contributed by atoms with E-state index < -0.39 is 0 Å². The smallest absolute Gasteiger partial charge is 0.259 e. The topological polar surface area (TPSA) is 57.0 Å². The maximum atomic E-state index is 12.7. The first-order chi connectivity index (χ1) is 10.8. The zero-order valence-electron chi connectivity index (χ0n) is 12.0. The van der Waals surface area contributed by atoms with E-state index in [2.05, 4.69) is 9.97 Å². The zero-order valence-corrected chi connectivity index (χ0v) is 12.0. The molecule has 4 rings (SSSR count). The number of ether oxygens (including phenoxy) is 1. The van der Waals surface area contributed by atoms with Crippen LogP contribution in [0.25, 0.3) is 11.0 Å². The third-order valence-corrected chi connectivity index (χ3v) is 3.98. The monoisotopic (exact) mass is 293 g/mol. The highest BCUT2D eigenvalue weighted by Crippen LogP contribution is 2.30. The lowest BCUT2D eigenvalue weighted by molar-refractivity contribution is 0.360. The summed E-state index contributed by atoms with van der Waals surface area (Å²) >= 11 is 0. The van der Waals surface area contributed by atoms with E-state index in [9.17, 15) is 4.79 Å². The molecule has 4 heterocycles. The summed E-state index contributed by atoms with van der Waals surface area (Å²) in [5.74, 6) is 0.710. The summed E-state index contributed by atoms with van der Waals surface area (Å²) in [6, 6.07) is 9.65. The lowest BCUT2D eigenvalue weighted by Gasteiger charge is -2.12. The van der Waals surface area contributed by atoms with Crippen LogP contribution in [0.5, 0.6) is 5.75 Å². The molecule has 0 bridgehead atoms. The van der Waals surface area contributed by atoms with E-state index in [-0.39, 0.29) is 5.56 Å². The number of nitrogens with zero attached hydrogens (tertiary/aromatic N) is 3. The van der Waals surface area contributed by atoms with Crippen LogP contribution >= 0.6 is 0 Å². The second-order valence-corrected chi connectivity index (χ2v) is 5.31. The van der Waals surface area contributed by atoms with Gasteiger partial charge < -0.3 is 4.74 Å². The summed E-state index contributed by atoms with van der Waals surface area (Å²) < 4.78 is 7.39. The molecule has 1 aliphatic heterocycles. The molecule has 0 unspecified atom stereocenters. The van der Waals surface area contributed by atoms with Gasteiger partial charge in [0.25, 0.3) is 5.56 Å². The molecular formula is C17H15N3O2. The van der Waals surface area contributed by atoms with Crippen molar-refractivity contribution in [2.45, 2.75) is 19.4 Å². The van der Waals surface area contributed by atoms with Crippen molar-refractivity contribution in [3.05, 3.63) is 64.3 Å². The maximum Gasteiger partial charge on any atom is 0.259 e. The van der Waals surface area contributed by atoms with E-state index >= 15 is 0 Å². The Morgan fingerprint density at radius 3 is 2.91 bits per heavy atom. The Hall–Kier alpha value is -2.69. The molecule has 1 aliphatic rings. The quantitative estimate of drug-likeness (QED) is 0.741. The molecule has 0 saturated carbocycles. The minimum atomic E-state index is 0.00892. The highest BCUT2D eigenvalue weighted by molar-refractivity contribution is 5.84. The first-order valence-corrected chi connectivity index (χ1v) is 7.38. The summed E-state index contributed by atoms with van der Waals surface area (Å²) in [6.45, 7) is 1.13. The number of pyridine rings is 3. The third-order valence-electron chi connectivity index (χ3n) is 3.98. The predicted octanol–water partition coefficient (Wildman–Crippen LogP) is 1.97. The summed E-state index contributed by atoms with van der Waals surface area (Å²) in [7, 11) is 0. The van der Waals surface area contributed by atoms with Gasteiger partial charge in [-0.3, -0.25) is 14.3 Å². The van der Waals surface area contributed by atoms with Crippen LogP contribution < -0.4 is 10.3 Å². The van der Waals surface area contributed by atoms with Gasteiger partial charge in [-0.25, -0.2) is 4.98 Å². The van der Waals surface area contributed by atoms with Crippen LogP contribution in [0, 0.1) is 0 Å². The Morgan fingerprint density at radius 2 is 2.05 bits per heavy atom. The fourth-order valence-electron chi connectivity index (χ4n) is 2.93. The van der Waals surface area contributed by atoms with E-state index in [0.717, 1.165) is 16.6 Å². The number of hydrogen-bond acceptors (Lipinski definition) is 4. The van der Waals surface area contributed by atoms with Crippen molar-refractivity contribution in [3.63, 3.8) is 0 Å². The predicted molar refractivity (Wildman–Crippen MR) is 83.1 cm³/mol. The highest BCUT2D eigenvalue weighted by atomic mass is 16.5. The van der Waals surface area contributed by atoms with Crippen molar-refractivity contribution in [2.24, 2.45) is 0 Å². The van der Waals surface area contributed by atoms with Gasteiger partial charge in [-0.1, -0.05) is 6.07 Å². The Balaban J connectivity index is 1.82. The molecular weight excluding hydrogens is 278 g/mol. The Kier molecular flexibility index (Phi) is 3.11. The molecule has 0 N–H and O–H groups in total. The average Bonchev–Trinajstić information content (AvgIpc) is 3.06. The number of hydrogen-bond donors (Lipinski definition) is 0. The summed E-state index contributed by atoms with van der Waals surface area (Å²) in [5.41, 5.74) is 2.43. The Bertz CT molecular complexity index is 888. The van der Waals surface area contributed by atoms with Gasteiger partial charge in [0.1, 0.15) is 11.4 Å². The lowest BCUT2D eigenvalue weighted by Crippen LogP contribution is -2.25. The standard InChI is InChI=1S/C17H15N3O2/c21-17-14-7-11-22-15(14)13-5-3-9-19-16(13)20(17)10-6-12-4-1-2-8-18-12/h1-5,8-9H,6-7,10-11H2. The van der Waals surface area contributed by atoms with Crippen molar-refractivity contribution in [2.75, 3.05) is 6.61 Å². The van der Waals surface area contributed by atoms with Crippen LogP contribution in [-0.4, -0.2) is 21.1 Å². The average molecular weight is 293 g/mol. The molecule has 0 atom stereocenters. The van der Waals surface area contributed by atoms with E-state index in [1.165, 1.54) is 0 Å². The molecule has 22 heavy (non-hydrogen) atoms. The van der Waals surface area contributed by atoms with Crippen molar-refractivity contribution in [1.29, 1.82) is 0 Å². The van der Waals surface area contributed by atoms with Gasteiger partial charge in [0.15, 0.2) is 0 Å². The maximum absolute atomic E-state index is 12.7. The summed E-state index contributed by atoms with van der Waals surface area (Å²) in [6.07, 6.45) is 4.85. The molecule has 110 valence electrons. The van der Waals surface area contributed by atoms with Gasteiger partial charge in [0.2, 0.25) is 0 Å². The van der Waals surface area contributed by atoms with Crippen LogP contribution in [0.15, 0.2) is 47.5 Å². The number of rotatable bonds is 3. The largest absolute Gasteiger partial charge is 0.492 e. The molecule has 3 aromatic rings. The van der Waals surface area contributed by atoms with Crippen molar-refractivity contribution in [3.8, 4) is 5.75 Å². The number of fused-ring (bicyclic) bond motifs is 3. The molecule has 5 heteroatoms. The van der Waals surface area contributed by atoms with Crippen molar-refractivity contribution >= 4 is 11.0 Å². The van der Waals surface area contributed by atoms with E-state index in [1.54, 1.807) is 17.0 Å². The number of aromatic nitrogens is 3. The third kappa shape index (κ3) is 2.06. The minimum Gasteiger partial charge on any atom is -0.492 e. The lowest BCUT2D eigenvalue weighted by atomic mass is 10.1. The SMILES string of the molecule is O=c1c2c(c3cccnc3n1CCc1ccccn1)OCC2. The van der Waals surface area contributed by atoms with Gasteiger partial charge in [-0.15, -0.1) is 0 Å². The Morgan fingerprint density at radius 1 is 1.14 bits per heavy atom. The zero-order chi connectivity index (χ0) is 14.9. The molecule has 3 aromatic heterocycles. The number of aryl methyl sites for hydroxylation is 2. The molecule has 0 aromatic carbocycles. The van der Waals surface area contributed by atoms with Crippen LogP contribution in [-0.2, 0) is 19.4 Å². The van der Waals surface area contributed by atoms with Gasteiger partial charge in [0.05, 0.1) is 17.6 Å². The highest BCUT2D eigenvalue weighted by Gasteiger charge is 2.22. The minimum absolute atomic E-state index is 0.00892. The second kappa shape index (κ2) is 5.26. The van der Waals surface area contributed by atoms with Crippen LogP contribution in [0.2, 0.25) is 0 Å². The fraction of sp³-hybridized carbons (Fsp3) is 0.235. The van der Waals surface area contributed by atoms with Crippen LogP contribution in [0.1, 0.15) is 11.3 Å². The van der Waals surface area contributed by atoms with Gasteiger partial charge >= 0.3 is 0 Å². The van der Waals surface area contributed by atoms with E-state index in [1.807, 2.05) is 30.3 Å². The molecule has 0 amide bonds. The van der Waals surface area contributed by atoms with Gasteiger partial charge in [-0.05, 0) is 24.3 Å². The van der Waals surface area contributed by atoms with E-state index in [0.29, 0.717) is 37.4 Å². The molecule has 5 nitrogen and oxygen atoms in total. The molecule has 0 aliphatic carbocycles. The molecule has 0 fully saturated rings. The fourth-order valence-corrected chi connectivity index (χ4v) is 2.93. The molecule has 0 spiro atoms. The van der Waals surface area contributed by atoms with Gasteiger partial charge in [-0.2, -0.15) is 0 Å². The van der Waals surface area contributed by atoms with Gasteiger partial charge in [0, 0.05) is 37.5 Å². The summed E-state index contributed by atoms with van der Waals surface area (Å²) in [4.78, 5) is 21.4. The molecule has 0 saturated heterocycles. The van der Waals surface area contributed by atoms with Crippen LogP contribution in [0.4, 0.5) is 0 Å². The Labute approximate surface area is 127 Å². The van der Waals surface area contributed by atoms with Crippen molar-refractivity contribution < 1.29 is 4.74 Å². The van der Waals surface area contributed by atoms with Crippen molar-refractivity contribution in [1.82, 2.24) is 14.5 Å². The normalized spacial score (nSPS) is 13.1. The van der Waals surface area contributed by atoms with Crippen LogP contribution in [0.3, 0.4) is 0 Å². The second-order valence-electron chi connectivity index (χ2n) is 5.31. The van der Waals surface area contributed by atoms with E-state index in [4.69, 9.17) is 4.74 Å². The first-order valence-electron chi connectivity index (χ1n) is 7.38.